The highest BCUT2D eigenvalue weighted by Gasteiger charge is 2.36. The zero-order chi connectivity index (χ0) is 38.5. The summed E-state index contributed by atoms with van der Waals surface area (Å²) in [4.78, 5) is 10.1. The van der Waals surface area contributed by atoms with E-state index in [0.29, 0.717) is 0 Å². The van der Waals surface area contributed by atoms with Gasteiger partial charge in [-0.3, -0.25) is 0 Å². The topological polar surface area (TPSA) is 30.7 Å². The number of nitrogens with zero attached hydrogens (tertiary/aromatic N) is 3. The molecule has 0 unspecified atom stereocenters. The van der Waals surface area contributed by atoms with Crippen LogP contribution in [0.15, 0.2) is 176 Å². The molecule has 58 heavy (non-hydrogen) atoms. The number of hydrogen-bond donors (Lipinski definition) is 0. The molecule has 0 aliphatic heterocycles. The highest BCUT2D eigenvalue weighted by molar-refractivity contribution is 7.22. The van der Waals surface area contributed by atoms with Gasteiger partial charge >= 0.3 is 0 Å². The molecule has 0 spiro atoms. The molecule has 0 bridgehead atoms. The fourth-order valence-corrected chi connectivity index (χ4v) is 11.0. The highest BCUT2D eigenvalue weighted by atomic mass is 32.1. The Bertz CT molecular complexity index is 3280. The Labute approximate surface area is 344 Å². The molecular formula is C53H35N3S2. The fraction of sp³-hybridized carbons (Fsp3) is 0.0566. The molecule has 0 atom stereocenters. The summed E-state index contributed by atoms with van der Waals surface area (Å²) in [5, 5.41) is 4.60. The van der Waals surface area contributed by atoms with Gasteiger partial charge in [0.15, 0.2) is 0 Å². The largest absolute Gasteiger partial charge is 0.309 e. The molecule has 0 amide bonds. The molecule has 0 saturated carbocycles. The zero-order valence-electron chi connectivity index (χ0n) is 31.9. The lowest BCUT2D eigenvalue weighted by molar-refractivity contribution is 0.661. The van der Waals surface area contributed by atoms with Crippen molar-refractivity contribution in [3.63, 3.8) is 0 Å². The minimum absolute atomic E-state index is 0.178. The molecule has 0 N–H and O–H groups in total. The van der Waals surface area contributed by atoms with Gasteiger partial charge in [0.1, 0.15) is 10.0 Å². The summed E-state index contributed by atoms with van der Waals surface area (Å²) < 4.78 is 4.81. The molecular weight excluding hydrogens is 743 g/mol. The Kier molecular flexibility index (Phi) is 7.31. The van der Waals surface area contributed by atoms with Crippen LogP contribution in [-0.2, 0) is 5.41 Å². The summed E-state index contributed by atoms with van der Waals surface area (Å²) in [5.74, 6) is 0. The third kappa shape index (κ3) is 5.17. The van der Waals surface area contributed by atoms with Gasteiger partial charge < -0.3 is 4.57 Å². The van der Waals surface area contributed by atoms with Crippen molar-refractivity contribution in [2.24, 2.45) is 0 Å². The SMILES string of the molecule is CC1(C)c2cc(-c3cccc(-c4cc(-c5nc6ccccc6s5)cc(-c5nc6ccccc6s5)c4)c3)ccc2-c2cc3c4ccccc4n(-c4ccccc4)c3cc21. The van der Waals surface area contributed by atoms with Gasteiger partial charge in [0, 0.05) is 33.0 Å². The molecule has 1 aliphatic carbocycles. The molecule has 11 aromatic rings. The summed E-state index contributed by atoms with van der Waals surface area (Å²) in [7, 11) is 0. The molecule has 12 rings (SSSR count). The van der Waals surface area contributed by atoms with Crippen molar-refractivity contribution in [3.8, 4) is 60.2 Å². The first-order chi connectivity index (χ1) is 28.5. The number of rotatable bonds is 5. The Balaban J connectivity index is 0.973. The lowest BCUT2D eigenvalue weighted by Crippen LogP contribution is -2.15. The standard InChI is InChI=1S/C53H35N3S2/c1-53(2)43-29-34(23-24-39(43)41-30-42-40-17-6-9-20-47(40)56(48(42)31-44(41)53)38-15-4-3-5-16-38)32-13-12-14-33(25-32)35-26-36(51-54-45-18-7-10-21-49(45)57-51)28-37(27-35)52-55-46-19-8-11-22-50(46)58-52/h3-31H,1-2H3. The lowest BCUT2D eigenvalue weighted by atomic mass is 9.81. The third-order valence-electron chi connectivity index (χ3n) is 12.0. The van der Waals surface area contributed by atoms with Gasteiger partial charge in [0.25, 0.3) is 0 Å². The van der Waals surface area contributed by atoms with E-state index in [0.717, 1.165) is 37.7 Å². The number of hydrogen-bond acceptors (Lipinski definition) is 4. The van der Waals surface area contributed by atoms with E-state index in [-0.39, 0.29) is 5.41 Å². The minimum Gasteiger partial charge on any atom is -0.309 e. The van der Waals surface area contributed by atoms with Gasteiger partial charge in [-0.05, 0) is 129 Å². The Morgan fingerprint density at radius 2 is 0.983 bits per heavy atom. The molecule has 0 fully saturated rings. The summed E-state index contributed by atoms with van der Waals surface area (Å²) >= 11 is 3.48. The van der Waals surface area contributed by atoms with Crippen LogP contribution in [-0.4, -0.2) is 14.5 Å². The number of thiazole rings is 2. The van der Waals surface area contributed by atoms with Gasteiger partial charge in [-0.1, -0.05) is 105 Å². The van der Waals surface area contributed by atoms with Crippen molar-refractivity contribution in [2.75, 3.05) is 0 Å². The summed E-state index contributed by atoms with van der Waals surface area (Å²) in [6.07, 6.45) is 0. The molecule has 3 nitrogen and oxygen atoms in total. The first-order valence-corrected chi connectivity index (χ1v) is 21.4. The van der Waals surface area contributed by atoms with Gasteiger partial charge in [-0.15, -0.1) is 22.7 Å². The third-order valence-corrected chi connectivity index (χ3v) is 14.2. The first kappa shape index (κ1) is 33.5. The Morgan fingerprint density at radius 3 is 1.69 bits per heavy atom. The molecule has 1 aliphatic rings. The van der Waals surface area contributed by atoms with Crippen LogP contribution in [0, 0.1) is 0 Å². The van der Waals surface area contributed by atoms with Crippen LogP contribution in [0.1, 0.15) is 25.0 Å². The summed E-state index contributed by atoms with van der Waals surface area (Å²) in [6.45, 7) is 4.77. The second kappa shape index (κ2) is 12.7. The van der Waals surface area contributed by atoms with Crippen molar-refractivity contribution in [1.82, 2.24) is 14.5 Å². The molecule has 274 valence electrons. The maximum Gasteiger partial charge on any atom is 0.124 e. The second-order valence-electron chi connectivity index (χ2n) is 15.8. The normalized spacial score (nSPS) is 13.1. The van der Waals surface area contributed by atoms with E-state index < -0.39 is 0 Å². The van der Waals surface area contributed by atoms with Crippen LogP contribution in [0.5, 0.6) is 0 Å². The molecule has 0 saturated heterocycles. The van der Waals surface area contributed by atoms with Crippen molar-refractivity contribution < 1.29 is 0 Å². The number of para-hydroxylation sites is 4. The molecule has 3 aromatic heterocycles. The zero-order valence-corrected chi connectivity index (χ0v) is 33.5. The maximum atomic E-state index is 5.07. The van der Waals surface area contributed by atoms with Crippen LogP contribution in [0.25, 0.3) is 102 Å². The lowest BCUT2D eigenvalue weighted by Gasteiger charge is -2.22. The van der Waals surface area contributed by atoms with Gasteiger partial charge in [0.2, 0.25) is 0 Å². The van der Waals surface area contributed by atoms with E-state index in [2.05, 4.69) is 194 Å². The molecule has 8 aromatic carbocycles. The predicted octanol–water partition coefficient (Wildman–Crippen LogP) is 15.0. The van der Waals surface area contributed by atoms with Crippen LogP contribution < -0.4 is 0 Å². The second-order valence-corrected chi connectivity index (χ2v) is 17.9. The van der Waals surface area contributed by atoms with Gasteiger partial charge in [-0.2, -0.15) is 0 Å². The van der Waals surface area contributed by atoms with Crippen LogP contribution in [0.3, 0.4) is 0 Å². The summed E-state index contributed by atoms with van der Waals surface area (Å²) in [6, 6.07) is 64.2. The van der Waals surface area contributed by atoms with E-state index >= 15 is 0 Å². The predicted molar refractivity (Wildman–Crippen MR) is 246 cm³/mol. The van der Waals surface area contributed by atoms with E-state index in [1.165, 1.54) is 75.8 Å². The maximum absolute atomic E-state index is 5.07. The smallest absolute Gasteiger partial charge is 0.124 e. The average molecular weight is 778 g/mol. The molecule has 0 radical (unpaired) electrons. The Hall–Kier alpha value is -6.66. The van der Waals surface area contributed by atoms with Crippen LogP contribution in [0.2, 0.25) is 0 Å². The first-order valence-electron chi connectivity index (χ1n) is 19.7. The monoisotopic (exact) mass is 777 g/mol. The van der Waals surface area contributed by atoms with Gasteiger partial charge in [0.05, 0.1) is 31.5 Å². The van der Waals surface area contributed by atoms with Crippen molar-refractivity contribution in [2.45, 2.75) is 19.3 Å². The minimum atomic E-state index is -0.178. The van der Waals surface area contributed by atoms with E-state index in [1.807, 2.05) is 0 Å². The number of fused-ring (bicyclic) bond motifs is 8. The highest BCUT2D eigenvalue weighted by Crippen LogP contribution is 2.52. The van der Waals surface area contributed by atoms with Crippen LogP contribution in [0.4, 0.5) is 0 Å². The Morgan fingerprint density at radius 1 is 0.414 bits per heavy atom. The van der Waals surface area contributed by atoms with Crippen LogP contribution >= 0.6 is 22.7 Å². The summed E-state index contributed by atoms with van der Waals surface area (Å²) in [5.41, 5.74) is 17.9. The molecule has 3 heterocycles. The van der Waals surface area contributed by atoms with E-state index in [9.17, 15) is 0 Å². The fourth-order valence-electron chi connectivity index (χ4n) is 9.14. The quantitative estimate of drug-likeness (QED) is 0.174. The van der Waals surface area contributed by atoms with Crippen molar-refractivity contribution in [1.29, 1.82) is 0 Å². The van der Waals surface area contributed by atoms with E-state index in [4.69, 9.17) is 9.97 Å². The average Bonchev–Trinajstić information content (AvgIpc) is 4.04. The van der Waals surface area contributed by atoms with E-state index in [1.54, 1.807) is 22.7 Å². The number of aromatic nitrogens is 3. The van der Waals surface area contributed by atoms with Gasteiger partial charge in [-0.25, -0.2) is 9.97 Å². The number of benzene rings is 8. The van der Waals surface area contributed by atoms with Crippen molar-refractivity contribution >= 4 is 64.9 Å². The van der Waals surface area contributed by atoms with Crippen molar-refractivity contribution in [3.05, 3.63) is 187 Å². The molecule has 5 heteroatoms.